The van der Waals surface area contributed by atoms with E-state index in [9.17, 15) is 4.79 Å². The number of fused-ring (bicyclic) bond motifs is 1. The third-order valence-electron chi connectivity index (χ3n) is 5.14. The zero-order chi connectivity index (χ0) is 18.5. The number of nitrogens with one attached hydrogen (secondary N) is 2. The van der Waals surface area contributed by atoms with Gasteiger partial charge in [0.2, 0.25) is 5.91 Å². The Morgan fingerprint density at radius 3 is 2.73 bits per heavy atom. The third-order valence-corrected chi connectivity index (χ3v) is 6.25. The average molecular weight is 376 g/mol. The van der Waals surface area contributed by atoms with Gasteiger partial charge in [0.25, 0.3) is 0 Å². The molecule has 0 unspecified atom stereocenters. The molecule has 2 aromatic rings. The van der Waals surface area contributed by atoms with Crippen LogP contribution in [0.4, 0.5) is 5.82 Å². The Morgan fingerprint density at radius 2 is 2.00 bits per heavy atom. The van der Waals surface area contributed by atoms with Gasteiger partial charge in [0.1, 0.15) is 17.0 Å². The summed E-state index contributed by atoms with van der Waals surface area (Å²) in [7, 11) is 0. The number of hydrogen-bond acceptors (Lipinski definition) is 6. The van der Waals surface area contributed by atoms with Gasteiger partial charge in [-0.1, -0.05) is 6.92 Å². The molecule has 3 heterocycles. The van der Waals surface area contributed by atoms with Crippen molar-refractivity contribution in [2.45, 2.75) is 40.0 Å². The molecule has 1 aliphatic heterocycles. The van der Waals surface area contributed by atoms with E-state index in [0.29, 0.717) is 6.54 Å². The Morgan fingerprint density at radius 1 is 1.23 bits per heavy atom. The number of carbonyl (C=O) groups is 1. The summed E-state index contributed by atoms with van der Waals surface area (Å²) in [6.45, 7) is 10.7. The number of thiophene rings is 1. The first-order valence-corrected chi connectivity index (χ1v) is 10.4. The lowest BCUT2D eigenvalue weighted by Gasteiger charge is -2.32. The van der Waals surface area contributed by atoms with E-state index in [2.05, 4.69) is 46.3 Å². The summed E-state index contributed by atoms with van der Waals surface area (Å²) in [6.07, 6.45) is 4.53. The molecular weight excluding hydrogens is 346 g/mol. The molecule has 0 aromatic carbocycles. The van der Waals surface area contributed by atoms with Crippen LogP contribution < -0.4 is 15.5 Å². The summed E-state index contributed by atoms with van der Waals surface area (Å²) in [6, 6.07) is 0. The van der Waals surface area contributed by atoms with Gasteiger partial charge >= 0.3 is 0 Å². The Bertz CT molecular complexity index is 752. The first kappa shape index (κ1) is 19.0. The molecule has 1 aliphatic rings. The van der Waals surface area contributed by atoms with Gasteiger partial charge in [0.05, 0.1) is 5.39 Å². The molecule has 0 atom stereocenters. The number of aryl methyl sites for hydroxylation is 2. The number of aromatic nitrogens is 2. The number of anilines is 1. The fourth-order valence-electron chi connectivity index (χ4n) is 3.48. The zero-order valence-corrected chi connectivity index (χ0v) is 16.8. The quantitative estimate of drug-likeness (QED) is 0.728. The standard InChI is InChI=1S/C19H29N5OS/c1-4-7-20-8-9-21-18(25)15-5-10-24(11-6-15)17-16-13(2)14(3)26-19(16)23-12-22-17/h12,15,20H,4-11H2,1-3H3,(H,21,25). The van der Waals surface area contributed by atoms with Crippen LogP contribution in [-0.2, 0) is 4.79 Å². The van der Waals surface area contributed by atoms with Gasteiger partial charge in [0, 0.05) is 37.0 Å². The second-order valence-electron chi connectivity index (χ2n) is 6.96. The number of carbonyl (C=O) groups excluding carboxylic acids is 1. The van der Waals surface area contributed by atoms with Gasteiger partial charge in [-0.25, -0.2) is 9.97 Å². The minimum atomic E-state index is 0.111. The Hall–Kier alpha value is -1.73. The maximum Gasteiger partial charge on any atom is 0.223 e. The second kappa shape index (κ2) is 8.77. The van der Waals surface area contributed by atoms with E-state index in [-0.39, 0.29) is 11.8 Å². The monoisotopic (exact) mass is 375 g/mol. The molecule has 0 saturated carbocycles. The fourth-order valence-corrected chi connectivity index (χ4v) is 4.47. The largest absolute Gasteiger partial charge is 0.356 e. The first-order chi connectivity index (χ1) is 12.6. The molecule has 0 radical (unpaired) electrons. The SMILES string of the molecule is CCCNCCNC(=O)C1CCN(c2ncnc3sc(C)c(C)c23)CC1. The number of hydrogen-bond donors (Lipinski definition) is 2. The van der Waals surface area contributed by atoms with E-state index in [4.69, 9.17) is 0 Å². The molecule has 1 amide bonds. The summed E-state index contributed by atoms with van der Waals surface area (Å²) in [4.78, 5) is 26.0. The van der Waals surface area contributed by atoms with E-state index in [1.807, 2.05) is 0 Å². The van der Waals surface area contributed by atoms with Crippen LogP contribution in [0.1, 0.15) is 36.6 Å². The predicted octanol–water partition coefficient (Wildman–Crippen LogP) is 2.64. The predicted molar refractivity (Wildman–Crippen MR) is 108 cm³/mol. The highest BCUT2D eigenvalue weighted by atomic mass is 32.1. The van der Waals surface area contributed by atoms with Gasteiger partial charge in [-0.3, -0.25) is 4.79 Å². The lowest BCUT2D eigenvalue weighted by Crippen LogP contribution is -2.42. The van der Waals surface area contributed by atoms with Crippen molar-refractivity contribution in [3.8, 4) is 0 Å². The van der Waals surface area contributed by atoms with E-state index in [1.165, 1.54) is 15.8 Å². The lowest BCUT2D eigenvalue weighted by molar-refractivity contribution is -0.125. The molecule has 2 aromatic heterocycles. The van der Waals surface area contributed by atoms with Crippen LogP contribution >= 0.6 is 11.3 Å². The number of nitrogens with zero attached hydrogens (tertiary/aromatic N) is 3. The van der Waals surface area contributed by atoms with Crippen molar-refractivity contribution in [3.63, 3.8) is 0 Å². The van der Waals surface area contributed by atoms with E-state index < -0.39 is 0 Å². The molecule has 1 fully saturated rings. The minimum Gasteiger partial charge on any atom is -0.356 e. The number of piperidine rings is 1. The maximum absolute atomic E-state index is 12.4. The van der Waals surface area contributed by atoms with Crippen molar-refractivity contribution in [2.75, 3.05) is 37.6 Å². The summed E-state index contributed by atoms with van der Waals surface area (Å²) >= 11 is 1.73. The number of amides is 1. The van der Waals surface area contributed by atoms with E-state index in [1.54, 1.807) is 17.7 Å². The van der Waals surface area contributed by atoms with Crippen molar-refractivity contribution < 1.29 is 4.79 Å². The molecule has 142 valence electrons. The fraction of sp³-hybridized carbons (Fsp3) is 0.632. The van der Waals surface area contributed by atoms with E-state index in [0.717, 1.165) is 56.1 Å². The van der Waals surface area contributed by atoms with Crippen LogP contribution in [-0.4, -0.2) is 48.6 Å². The summed E-state index contributed by atoms with van der Waals surface area (Å²) in [5, 5.41) is 7.55. The van der Waals surface area contributed by atoms with Crippen molar-refractivity contribution in [1.29, 1.82) is 0 Å². The molecule has 7 heteroatoms. The minimum absolute atomic E-state index is 0.111. The highest BCUT2D eigenvalue weighted by Gasteiger charge is 2.27. The molecule has 0 aliphatic carbocycles. The van der Waals surface area contributed by atoms with Crippen LogP contribution in [0.2, 0.25) is 0 Å². The van der Waals surface area contributed by atoms with Crippen LogP contribution in [0.25, 0.3) is 10.2 Å². The molecule has 0 bridgehead atoms. The summed E-state index contributed by atoms with van der Waals surface area (Å²) < 4.78 is 0. The van der Waals surface area contributed by atoms with Crippen molar-refractivity contribution in [3.05, 3.63) is 16.8 Å². The van der Waals surface area contributed by atoms with Crippen LogP contribution in [0.15, 0.2) is 6.33 Å². The average Bonchev–Trinajstić information content (AvgIpc) is 2.96. The van der Waals surface area contributed by atoms with E-state index >= 15 is 0 Å². The molecule has 0 spiro atoms. The van der Waals surface area contributed by atoms with Crippen molar-refractivity contribution in [1.82, 2.24) is 20.6 Å². The molecular formula is C19H29N5OS. The highest BCUT2D eigenvalue weighted by Crippen LogP contribution is 2.35. The van der Waals surface area contributed by atoms with Crippen molar-refractivity contribution in [2.24, 2.45) is 5.92 Å². The molecule has 2 N–H and O–H groups in total. The second-order valence-corrected chi connectivity index (χ2v) is 8.17. The Balaban J connectivity index is 1.57. The third kappa shape index (κ3) is 4.15. The summed E-state index contributed by atoms with van der Waals surface area (Å²) in [5.41, 5.74) is 1.28. The Labute approximate surface area is 159 Å². The zero-order valence-electron chi connectivity index (χ0n) is 16.0. The molecule has 6 nitrogen and oxygen atoms in total. The first-order valence-electron chi connectivity index (χ1n) is 9.55. The molecule has 1 saturated heterocycles. The maximum atomic E-state index is 12.4. The molecule has 3 rings (SSSR count). The van der Waals surface area contributed by atoms with Gasteiger partial charge in [-0.2, -0.15) is 0 Å². The topological polar surface area (TPSA) is 70.2 Å². The lowest BCUT2D eigenvalue weighted by atomic mass is 9.95. The highest BCUT2D eigenvalue weighted by molar-refractivity contribution is 7.18. The van der Waals surface area contributed by atoms with Crippen LogP contribution in [0.5, 0.6) is 0 Å². The van der Waals surface area contributed by atoms with Gasteiger partial charge < -0.3 is 15.5 Å². The number of rotatable bonds is 7. The van der Waals surface area contributed by atoms with Crippen LogP contribution in [0, 0.1) is 19.8 Å². The van der Waals surface area contributed by atoms with Gasteiger partial charge in [-0.05, 0) is 45.2 Å². The van der Waals surface area contributed by atoms with Crippen molar-refractivity contribution >= 4 is 33.3 Å². The van der Waals surface area contributed by atoms with Crippen LogP contribution in [0.3, 0.4) is 0 Å². The Kier molecular flexibility index (Phi) is 6.43. The van der Waals surface area contributed by atoms with Gasteiger partial charge in [-0.15, -0.1) is 11.3 Å². The smallest absolute Gasteiger partial charge is 0.223 e. The summed E-state index contributed by atoms with van der Waals surface area (Å²) in [5.74, 6) is 1.33. The normalized spacial score (nSPS) is 15.6. The molecule has 26 heavy (non-hydrogen) atoms. The van der Waals surface area contributed by atoms with Gasteiger partial charge in [0.15, 0.2) is 0 Å².